The third kappa shape index (κ3) is 4.44. The lowest BCUT2D eigenvalue weighted by Crippen LogP contribution is -2.49. The summed E-state index contributed by atoms with van der Waals surface area (Å²) >= 11 is 0. The van der Waals surface area contributed by atoms with Crippen LogP contribution in [0.2, 0.25) is 0 Å². The van der Waals surface area contributed by atoms with E-state index in [1.165, 1.54) is 0 Å². The maximum absolute atomic E-state index is 13.2. The Labute approximate surface area is 164 Å². The predicted octanol–water partition coefficient (Wildman–Crippen LogP) is 5.41. The SMILES string of the molecule is Cc1ccc(S(=O)(=O)NC2(c3ccccc3)CCC(C(C)(C)C)CC2)cc1. The summed E-state index contributed by atoms with van der Waals surface area (Å²) in [7, 11) is -3.59. The van der Waals surface area contributed by atoms with Gasteiger partial charge in [-0.2, -0.15) is 0 Å². The van der Waals surface area contributed by atoms with Crippen LogP contribution in [0, 0.1) is 18.3 Å². The van der Waals surface area contributed by atoms with Crippen LogP contribution in [0.3, 0.4) is 0 Å². The average Bonchev–Trinajstić information content (AvgIpc) is 2.62. The van der Waals surface area contributed by atoms with Gasteiger partial charge in [-0.05, 0) is 61.6 Å². The molecular weight excluding hydrogens is 354 g/mol. The van der Waals surface area contributed by atoms with Crippen molar-refractivity contribution in [2.45, 2.75) is 63.8 Å². The Hall–Kier alpha value is -1.65. The van der Waals surface area contributed by atoms with Crippen molar-refractivity contribution in [3.05, 3.63) is 65.7 Å². The van der Waals surface area contributed by atoms with E-state index in [9.17, 15) is 8.42 Å². The number of nitrogens with one attached hydrogen (secondary N) is 1. The van der Waals surface area contributed by atoms with Crippen molar-refractivity contribution >= 4 is 10.0 Å². The third-order valence-electron chi connectivity index (χ3n) is 6.05. The van der Waals surface area contributed by atoms with E-state index in [-0.39, 0.29) is 5.41 Å². The second-order valence-electron chi connectivity index (χ2n) is 9.01. The number of rotatable bonds is 4. The van der Waals surface area contributed by atoms with E-state index in [1.807, 2.05) is 37.3 Å². The van der Waals surface area contributed by atoms with Crippen LogP contribution in [0.4, 0.5) is 0 Å². The normalized spacial score (nSPS) is 23.9. The Morgan fingerprint density at radius 1 is 0.926 bits per heavy atom. The second-order valence-corrected chi connectivity index (χ2v) is 10.7. The number of hydrogen-bond acceptors (Lipinski definition) is 2. The summed E-state index contributed by atoms with van der Waals surface area (Å²) in [5, 5.41) is 0. The molecule has 0 radical (unpaired) electrons. The fraction of sp³-hybridized carbons (Fsp3) is 0.478. The minimum absolute atomic E-state index is 0.249. The van der Waals surface area contributed by atoms with Gasteiger partial charge in [0.1, 0.15) is 0 Å². The highest BCUT2D eigenvalue weighted by Gasteiger charge is 2.42. The van der Waals surface area contributed by atoms with E-state index in [0.29, 0.717) is 10.8 Å². The molecule has 1 fully saturated rings. The minimum atomic E-state index is -3.59. The summed E-state index contributed by atoms with van der Waals surface area (Å²) in [6, 6.07) is 17.1. The fourth-order valence-electron chi connectivity index (χ4n) is 4.22. The van der Waals surface area contributed by atoms with Crippen LogP contribution < -0.4 is 4.72 Å². The van der Waals surface area contributed by atoms with Gasteiger partial charge in [-0.25, -0.2) is 13.1 Å². The van der Waals surface area contributed by atoms with Crippen LogP contribution in [0.15, 0.2) is 59.5 Å². The van der Waals surface area contributed by atoms with Crippen molar-refractivity contribution in [3.8, 4) is 0 Å². The zero-order valence-electron chi connectivity index (χ0n) is 16.8. The molecule has 3 rings (SSSR count). The first-order chi connectivity index (χ1) is 12.6. The molecule has 0 bridgehead atoms. The summed E-state index contributed by atoms with van der Waals surface area (Å²) in [6.45, 7) is 8.81. The number of aryl methyl sites for hydroxylation is 1. The molecule has 0 heterocycles. The molecular formula is C23H31NO2S. The summed E-state index contributed by atoms with van der Waals surface area (Å²) < 4.78 is 29.4. The molecule has 146 valence electrons. The molecule has 1 N–H and O–H groups in total. The van der Waals surface area contributed by atoms with Crippen molar-refractivity contribution in [2.75, 3.05) is 0 Å². The summed E-state index contributed by atoms with van der Waals surface area (Å²) in [6.07, 6.45) is 3.69. The van der Waals surface area contributed by atoms with Gasteiger partial charge in [-0.3, -0.25) is 0 Å². The number of sulfonamides is 1. The molecule has 4 heteroatoms. The topological polar surface area (TPSA) is 46.2 Å². The zero-order chi connectivity index (χ0) is 19.7. The molecule has 0 aliphatic heterocycles. The zero-order valence-corrected chi connectivity index (χ0v) is 17.6. The Morgan fingerprint density at radius 3 is 2.00 bits per heavy atom. The summed E-state index contributed by atoms with van der Waals surface area (Å²) in [4.78, 5) is 0.335. The Bertz CT molecular complexity index is 857. The Balaban J connectivity index is 1.94. The maximum Gasteiger partial charge on any atom is 0.241 e. The first-order valence-corrected chi connectivity index (χ1v) is 11.3. The maximum atomic E-state index is 13.2. The van der Waals surface area contributed by atoms with Crippen LogP contribution >= 0.6 is 0 Å². The lowest BCUT2D eigenvalue weighted by atomic mass is 9.66. The largest absolute Gasteiger partial charge is 0.241 e. The van der Waals surface area contributed by atoms with Crippen LogP contribution in [-0.2, 0) is 15.6 Å². The molecule has 1 saturated carbocycles. The van der Waals surface area contributed by atoms with Crippen LogP contribution in [0.1, 0.15) is 57.6 Å². The van der Waals surface area contributed by atoms with E-state index < -0.39 is 15.6 Å². The molecule has 27 heavy (non-hydrogen) atoms. The first-order valence-electron chi connectivity index (χ1n) is 9.79. The molecule has 1 aliphatic carbocycles. The van der Waals surface area contributed by atoms with Crippen molar-refractivity contribution in [1.82, 2.24) is 4.72 Å². The number of hydrogen-bond donors (Lipinski definition) is 1. The van der Waals surface area contributed by atoms with Gasteiger partial charge in [0, 0.05) is 0 Å². The Kier molecular flexibility index (Phi) is 5.51. The van der Waals surface area contributed by atoms with Gasteiger partial charge in [-0.1, -0.05) is 68.8 Å². The van der Waals surface area contributed by atoms with Crippen LogP contribution in [0.5, 0.6) is 0 Å². The van der Waals surface area contributed by atoms with Crippen molar-refractivity contribution in [3.63, 3.8) is 0 Å². The molecule has 0 saturated heterocycles. The fourth-order valence-corrected chi connectivity index (χ4v) is 5.67. The molecule has 3 nitrogen and oxygen atoms in total. The van der Waals surface area contributed by atoms with Crippen molar-refractivity contribution in [2.24, 2.45) is 11.3 Å². The highest BCUT2D eigenvalue weighted by molar-refractivity contribution is 7.89. The lowest BCUT2D eigenvalue weighted by Gasteiger charge is -2.44. The molecule has 0 amide bonds. The van der Waals surface area contributed by atoms with E-state index >= 15 is 0 Å². The highest BCUT2D eigenvalue weighted by Crippen LogP contribution is 2.46. The lowest BCUT2D eigenvalue weighted by molar-refractivity contribution is 0.126. The van der Waals surface area contributed by atoms with E-state index in [0.717, 1.165) is 36.8 Å². The van der Waals surface area contributed by atoms with Crippen molar-refractivity contribution < 1.29 is 8.42 Å². The monoisotopic (exact) mass is 385 g/mol. The Morgan fingerprint density at radius 2 is 1.48 bits per heavy atom. The van der Waals surface area contributed by atoms with Gasteiger partial charge in [0.25, 0.3) is 0 Å². The molecule has 0 aromatic heterocycles. The molecule has 0 atom stereocenters. The molecule has 1 aliphatic rings. The van der Waals surface area contributed by atoms with Gasteiger partial charge >= 0.3 is 0 Å². The summed E-state index contributed by atoms with van der Waals surface area (Å²) in [5.74, 6) is 0.609. The van der Waals surface area contributed by atoms with Gasteiger partial charge in [0.2, 0.25) is 10.0 Å². The molecule has 2 aromatic rings. The van der Waals surface area contributed by atoms with E-state index in [1.54, 1.807) is 12.1 Å². The third-order valence-corrected chi connectivity index (χ3v) is 7.60. The smallest absolute Gasteiger partial charge is 0.207 e. The van der Waals surface area contributed by atoms with E-state index in [2.05, 4.69) is 37.6 Å². The number of benzene rings is 2. The van der Waals surface area contributed by atoms with Gasteiger partial charge in [0.15, 0.2) is 0 Å². The van der Waals surface area contributed by atoms with Crippen LogP contribution in [-0.4, -0.2) is 8.42 Å². The second kappa shape index (κ2) is 7.40. The minimum Gasteiger partial charge on any atom is -0.207 e. The standard InChI is InChI=1S/C23H31NO2S/c1-18-10-12-21(13-11-18)27(25,26)24-23(20-8-6-5-7-9-20)16-14-19(15-17-23)22(2,3)4/h5-13,19,24H,14-17H2,1-4H3. The van der Waals surface area contributed by atoms with Gasteiger partial charge < -0.3 is 0 Å². The molecule has 0 spiro atoms. The summed E-state index contributed by atoms with van der Waals surface area (Å²) in [5.41, 5.74) is 1.83. The predicted molar refractivity (Wildman–Crippen MR) is 111 cm³/mol. The van der Waals surface area contributed by atoms with Gasteiger partial charge in [0.05, 0.1) is 10.4 Å². The average molecular weight is 386 g/mol. The van der Waals surface area contributed by atoms with E-state index in [4.69, 9.17) is 0 Å². The highest BCUT2D eigenvalue weighted by atomic mass is 32.2. The van der Waals surface area contributed by atoms with Gasteiger partial charge in [-0.15, -0.1) is 0 Å². The first kappa shape index (κ1) is 20.1. The molecule has 0 unspecified atom stereocenters. The van der Waals surface area contributed by atoms with Crippen molar-refractivity contribution in [1.29, 1.82) is 0 Å². The quantitative estimate of drug-likeness (QED) is 0.765. The van der Waals surface area contributed by atoms with Crippen LogP contribution in [0.25, 0.3) is 0 Å². The molecule has 2 aromatic carbocycles.